The summed E-state index contributed by atoms with van der Waals surface area (Å²) in [5.41, 5.74) is 1.74. The Bertz CT molecular complexity index is 550. The molecule has 3 N–H and O–H groups in total. The third kappa shape index (κ3) is 3.54. The lowest BCUT2D eigenvalue weighted by Crippen LogP contribution is -2.28. The van der Waals surface area contributed by atoms with Gasteiger partial charge >= 0.3 is 0 Å². The molecule has 0 aromatic carbocycles. The van der Waals surface area contributed by atoms with E-state index in [0.717, 1.165) is 16.6 Å². The van der Waals surface area contributed by atoms with E-state index in [4.69, 9.17) is 0 Å². The normalized spacial score (nSPS) is 12.5. The van der Waals surface area contributed by atoms with Gasteiger partial charge < -0.3 is 15.4 Å². The van der Waals surface area contributed by atoms with E-state index in [1.165, 1.54) is 0 Å². The summed E-state index contributed by atoms with van der Waals surface area (Å²) in [6.07, 6.45) is 4.83. The van der Waals surface area contributed by atoms with Gasteiger partial charge in [-0.25, -0.2) is 4.98 Å². The topological polar surface area (TPSA) is 78.0 Å². The van der Waals surface area contributed by atoms with Crippen LogP contribution in [0.25, 0.3) is 11.0 Å². The summed E-state index contributed by atoms with van der Waals surface area (Å²) in [5.74, 6) is -0.0342. The highest BCUT2D eigenvalue weighted by molar-refractivity contribution is 5.86. The Morgan fingerprint density at radius 1 is 1.58 bits per heavy atom. The number of hydrogen-bond donors (Lipinski definition) is 3. The van der Waals surface area contributed by atoms with Gasteiger partial charge in [-0.1, -0.05) is 6.92 Å². The first-order chi connectivity index (χ1) is 9.20. The van der Waals surface area contributed by atoms with Gasteiger partial charge in [-0.3, -0.25) is 4.79 Å². The molecule has 1 atom stereocenters. The molecule has 5 nitrogen and oxygen atoms in total. The number of pyridine rings is 1. The van der Waals surface area contributed by atoms with Crippen molar-refractivity contribution < 1.29 is 9.90 Å². The summed E-state index contributed by atoms with van der Waals surface area (Å²) in [7, 11) is 0. The van der Waals surface area contributed by atoms with Crippen molar-refractivity contribution in [3.8, 4) is 0 Å². The maximum Gasteiger partial charge on any atom is 0.224 e. The summed E-state index contributed by atoms with van der Waals surface area (Å²) in [5, 5.41) is 13.2. The van der Waals surface area contributed by atoms with E-state index in [-0.39, 0.29) is 12.0 Å². The van der Waals surface area contributed by atoms with Gasteiger partial charge in [0.05, 0.1) is 12.5 Å². The van der Waals surface area contributed by atoms with Crippen LogP contribution in [0.3, 0.4) is 0 Å². The van der Waals surface area contributed by atoms with Crippen molar-refractivity contribution in [2.45, 2.75) is 32.3 Å². The highest BCUT2D eigenvalue weighted by Crippen LogP contribution is 2.15. The third-order valence-corrected chi connectivity index (χ3v) is 3.16. The zero-order valence-corrected chi connectivity index (χ0v) is 11.0. The number of aromatic nitrogens is 2. The van der Waals surface area contributed by atoms with Crippen molar-refractivity contribution in [3.05, 3.63) is 30.1 Å². The van der Waals surface area contributed by atoms with Crippen LogP contribution in [0, 0.1) is 0 Å². The molecule has 1 unspecified atom stereocenters. The van der Waals surface area contributed by atoms with Crippen LogP contribution < -0.4 is 5.32 Å². The number of aliphatic hydroxyl groups is 1. The molecule has 2 aromatic rings. The van der Waals surface area contributed by atoms with Crippen molar-refractivity contribution in [1.29, 1.82) is 0 Å². The van der Waals surface area contributed by atoms with Crippen molar-refractivity contribution in [3.63, 3.8) is 0 Å². The third-order valence-electron chi connectivity index (χ3n) is 3.16. The SMILES string of the molecule is CCC(O)CCNC(=O)Cc1c[nH]c2ncccc12. The molecular formula is C14H19N3O2. The van der Waals surface area contributed by atoms with E-state index in [9.17, 15) is 9.90 Å². The van der Waals surface area contributed by atoms with Crippen molar-refractivity contribution in [1.82, 2.24) is 15.3 Å². The molecule has 0 bridgehead atoms. The largest absolute Gasteiger partial charge is 0.393 e. The zero-order valence-electron chi connectivity index (χ0n) is 11.0. The maximum atomic E-state index is 11.8. The average Bonchev–Trinajstić information content (AvgIpc) is 2.82. The minimum atomic E-state index is -0.336. The first-order valence-electron chi connectivity index (χ1n) is 6.56. The summed E-state index contributed by atoms with van der Waals surface area (Å²) >= 11 is 0. The van der Waals surface area contributed by atoms with Crippen LogP contribution >= 0.6 is 0 Å². The molecule has 0 aliphatic carbocycles. The minimum Gasteiger partial charge on any atom is -0.393 e. The monoisotopic (exact) mass is 261 g/mol. The highest BCUT2D eigenvalue weighted by Gasteiger charge is 2.09. The number of nitrogens with zero attached hydrogens (tertiary/aromatic N) is 1. The first-order valence-corrected chi connectivity index (χ1v) is 6.56. The molecule has 2 aromatic heterocycles. The lowest BCUT2D eigenvalue weighted by Gasteiger charge is -2.08. The van der Waals surface area contributed by atoms with E-state index in [2.05, 4.69) is 15.3 Å². The standard InChI is InChI=1S/C14H19N3O2/c1-2-11(18)5-7-15-13(19)8-10-9-17-14-12(10)4-3-6-16-14/h3-4,6,9,11,18H,2,5,7-8H2,1H3,(H,15,19)(H,16,17). The fraction of sp³-hybridized carbons (Fsp3) is 0.429. The van der Waals surface area contributed by atoms with Gasteiger partial charge in [0.2, 0.25) is 5.91 Å². The second-order valence-electron chi connectivity index (χ2n) is 4.59. The second-order valence-corrected chi connectivity index (χ2v) is 4.59. The molecular weight excluding hydrogens is 242 g/mol. The first kappa shape index (κ1) is 13.5. The predicted molar refractivity (Wildman–Crippen MR) is 73.7 cm³/mol. The number of carbonyl (C=O) groups is 1. The lowest BCUT2D eigenvalue weighted by molar-refractivity contribution is -0.120. The Hall–Kier alpha value is -1.88. The number of aliphatic hydroxyl groups excluding tert-OH is 1. The van der Waals surface area contributed by atoms with Gasteiger partial charge in [0.1, 0.15) is 5.65 Å². The molecule has 19 heavy (non-hydrogen) atoms. The molecule has 0 fully saturated rings. The predicted octanol–water partition coefficient (Wildman–Crippen LogP) is 1.38. The van der Waals surface area contributed by atoms with E-state index in [1.807, 2.05) is 25.3 Å². The average molecular weight is 261 g/mol. The molecule has 2 rings (SSSR count). The Kier molecular flexibility index (Phi) is 4.52. The smallest absolute Gasteiger partial charge is 0.224 e. The van der Waals surface area contributed by atoms with E-state index in [0.29, 0.717) is 25.8 Å². The van der Waals surface area contributed by atoms with Crippen LogP contribution in [0.5, 0.6) is 0 Å². The number of rotatable bonds is 6. The number of nitrogens with one attached hydrogen (secondary N) is 2. The molecule has 5 heteroatoms. The Labute approximate surface area is 112 Å². The fourth-order valence-corrected chi connectivity index (χ4v) is 1.98. The van der Waals surface area contributed by atoms with Gasteiger partial charge in [0.15, 0.2) is 0 Å². The highest BCUT2D eigenvalue weighted by atomic mass is 16.3. The van der Waals surface area contributed by atoms with Crippen LogP contribution in [-0.2, 0) is 11.2 Å². The Morgan fingerprint density at radius 3 is 3.21 bits per heavy atom. The van der Waals surface area contributed by atoms with Gasteiger partial charge in [0, 0.05) is 24.3 Å². The molecule has 0 radical (unpaired) electrons. The number of carbonyl (C=O) groups excluding carboxylic acids is 1. The van der Waals surface area contributed by atoms with Crippen molar-refractivity contribution >= 4 is 16.9 Å². The Morgan fingerprint density at radius 2 is 2.42 bits per heavy atom. The Balaban J connectivity index is 1.88. The van der Waals surface area contributed by atoms with Crippen LogP contribution in [0.4, 0.5) is 0 Å². The second kappa shape index (κ2) is 6.33. The number of fused-ring (bicyclic) bond motifs is 1. The van der Waals surface area contributed by atoms with Crippen molar-refractivity contribution in [2.75, 3.05) is 6.54 Å². The number of aromatic amines is 1. The zero-order chi connectivity index (χ0) is 13.7. The quantitative estimate of drug-likeness (QED) is 0.735. The van der Waals surface area contributed by atoms with Crippen molar-refractivity contribution in [2.24, 2.45) is 0 Å². The number of hydrogen-bond acceptors (Lipinski definition) is 3. The lowest BCUT2D eigenvalue weighted by atomic mass is 10.1. The molecule has 0 aliphatic heterocycles. The molecule has 0 saturated heterocycles. The van der Waals surface area contributed by atoms with Crippen LogP contribution in [0.2, 0.25) is 0 Å². The minimum absolute atomic E-state index is 0.0342. The maximum absolute atomic E-state index is 11.8. The van der Waals surface area contributed by atoms with E-state index in [1.54, 1.807) is 6.20 Å². The van der Waals surface area contributed by atoms with E-state index < -0.39 is 0 Å². The van der Waals surface area contributed by atoms with Gasteiger partial charge in [0.25, 0.3) is 0 Å². The summed E-state index contributed by atoms with van der Waals surface area (Å²) < 4.78 is 0. The molecule has 102 valence electrons. The van der Waals surface area contributed by atoms with Crippen LogP contribution in [-0.4, -0.2) is 33.6 Å². The molecule has 0 saturated carbocycles. The van der Waals surface area contributed by atoms with Crippen LogP contribution in [0.1, 0.15) is 25.3 Å². The summed E-state index contributed by atoms with van der Waals surface area (Å²) in [6.45, 7) is 2.43. The van der Waals surface area contributed by atoms with Gasteiger partial charge in [-0.15, -0.1) is 0 Å². The molecule has 2 heterocycles. The molecule has 0 aliphatic rings. The molecule has 0 spiro atoms. The summed E-state index contributed by atoms with van der Waals surface area (Å²) in [6, 6.07) is 3.80. The number of H-pyrrole nitrogens is 1. The van der Waals surface area contributed by atoms with E-state index >= 15 is 0 Å². The van der Waals surface area contributed by atoms with Gasteiger partial charge in [-0.05, 0) is 30.5 Å². The van der Waals surface area contributed by atoms with Crippen LogP contribution in [0.15, 0.2) is 24.5 Å². The summed E-state index contributed by atoms with van der Waals surface area (Å²) in [4.78, 5) is 19.0. The number of amides is 1. The van der Waals surface area contributed by atoms with Gasteiger partial charge in [-0.2, -0.15) is 0 Å². The molecule has 1 amide bonds. The fourth-order valence-electron chi connectivity index (χ4n) is 1.98.